The Bertz CT molecular complexity index is 1560. The molecular formula is C29H24F2N4O2. The fraction of sp³-hybridized carbons (Fsp3) is 0.138. The van der Waals surface area contributed by atoms with E-state index in [2.05, 4.69) is 10.3 Å². The smallest absolute Gasteiger partial charge is 0.319 e. The molecule has 0 saturated heterocycles. The van der Waals surface area contributed by atoms with Crippen LogP contribution < -0.4 is 5.32 Å². The summed E-state index contributed by atoms with van der Waals surface area (Å²) in [5.74, 6) is -1.03. The van der Waals surface area contributed by atoms with Crippen molar-refractivity contribution in [1.82, 2.24) is 19.9 Å². The van der Waals surface area contributed by atoms with E-state index in [1.54, 1.807) is 36.7 Å². The lowest BCUT2D eigenvalue weighted by molar-refractivity contribution is -0.139. The molecule has 3 heterocycles. The number of ether oxygens (including phenoxy) is 1. The number of rotatable bonds is 7. The van der Waals surface area contributed by atoms with Crippen LogP contribution in [0.4, 0.5) is 8.78 Å². The largest absolute Gasteiger partial charge is 0.468 e. The quantitative estimate of drug-likeness (QED) is 0.300. The summed E-state index contributed by atoms with van der Waals surface area (Å²) in [7, 11) is 3.28. The first kappa shape index (κ1) is 24.3. The minimum Gasteiger partial charge on any atom is -0.468 e. The number of aromatic nitrogens is 3. The molecule has 0 aliphatic heterocycles. The van der Waals surface area contributed by atoms with E-state index in [4.69, 9.17) is 9.72 Å². The molecule has 5 rings (SSSR count). The Morgan fingerprint density at radius 1 is 0.892 bits per heavy atom. The highest BCUT2D eigenvalue weighted by atomic mass is 19.1. The van der Waals surface area contributed by atoms with Crippen molar-refractivity contribution in [3.8, 4) is 33.5 Å². The zero-order valence-electron chi connectivity index (χ0n) is 20.3. The molecule has 0 spiro atoms. The Morgan fingerprint density at radius 3 is 2.11 bits per heavy atom. The number of nitrogens with zero attached hydrogens (tertiary/aromatic N) is 3. The van der Waals surface area contributed by atoms with Crippen LogP contribution in [0.3, 0.4) is 0 Å². The summed E-state index contributed by atoms with van der Waals surface area (Å²) in [4.78, 5) is 20.8. The van der Waals surface area contributed by atoms with Gasteiger partial charge in [0.05, 0.1) is 30.4 Å². The van der Waals surface area contributed by atoms with Gasteiger partial charge in [-0.3, -0.25) is 9.78 Å². The van der Waals surface area contributed by atoms with Crippen LogP contribution >= 0.6 is 0 Å². The number of benzene rings is 2. The summed E-state index contributed by atoms with van der Waals surface area (Å²) in [6.07, 6.45) is 3.41. The summed E-state index contributed by atoms with van der Waals surface area (Å²) in [6.45, 7) is 0.473. The van der Waals surface area contributed by atoms with Crippen molar-refractivity contribution >= 4 is 17.0 Å². The highest BCUT2D eigenvalue weighted by Crippen LogP contribution is 2.43. The first-order chi connectivity index (χ1) is 18.0. The molecule has 0 unspecified atom stereocenters. The van der Waals surface area contributed by atoms with Gasteiger partial charge >= 0.3 is 5.97 Å². The van der Waals surface area contributed by atoms with E-state index in [0.29, 0.717) is 17.8 Å². The molecule has 3 aromatic heterocycles. The van der Waals surface area contributed by atoms with Gasteiger partial charge in [-0.25, -0.2) is 13.8 Å². The van der Waals surface area contributed by atoms with Crippen molar-refractivity contribution in [3.63, 3.8) is 0 Å². The van der Waals surface area contributed by atoms with Crippen molar-refractivity contribution in [1.29, 1.82) is 0 Å². The van der Waals surface area contributed by atoms with E-state index >= 15 is 0 Å². The minimum atomic E-state index is -0.359. The summed E-state index contributed by atoms with van der Waals surface area (Å²) in [6, 6.07) is 18.3. The molecule has 0 amide bonds. The van der Waals surface area contributed by atoms with Gasteiger partial charge in [-0.2, -0.15) is 0 Å². The van der Waals surface area contributed by atoms with Gasteiger partial charge in [-0.05, 0) is 65.7 Å². The molecule has 0 bridgehead atoms. The number of fused-ring (bicyclic) bond motifs is 1. The Labute approximate surface area is 212 Å². The summed E-state index contributed by atoms with van der Waals surface area (Å²) >= 11 is 0. The second-order valence-electron chi connectivity index (χ2n) is 8.57. The monoisotopic (exact) mass is 498 g/mol. The van der Waals surface area contributed by atoms with Crippen molar-refractivity contribution in [3.05, 3.63) is 96.5 Å². The molecule has 0 aliphatic rings. The lowest BCUT2D eigenvalue weighted by Gasteiger charge is -2.18. The average Bonchev–Trinajstić information content (AvgIpc) is 3.23. The van der Waals surface area contributed by atoms with Gasteiger partial charge in [0, 0.05) is 48.4 Å². The molecule has 2 aromatic carbocycles. The molecular weight excluding hydrogens is 474 g/mol. The highest BCUT2D eigenvalue weighted by molar-refractivity contribution is 6.06. The second kappa shape index (κ2) is 10.3. The SMILES string of the molecule is COC(=O)CNCc1cc2nc(-c3ccc(F)cc3)c(-c3ccncc3)c(-c3ccc(F)cc3)c2n1C. The van der Waals surface area contributed by atoms with Crippen molar-refractivity contribution < 1.29 is 18.3 Å². The molecule has 0 atom stereocenters. The first-order valence-corrected chi connectivity index (χ1v) is 11.7. The number of carbonyl (C=O) groups excluding carboxylic acids is 1. The molecule has 0 saturated carbocycles. The predicted octanol–water partition coefficient (Wildman–Crippen LogP) is 5.51. The van der Waals surface area contributed by atoms with Crippen LogP contribution in [0.25, 0.3) is 44.5 Å². The zero-order chi connectivity index (χ0) is 25.9. The number of methoxy groups -OCH3 is 1. The Kier molecular flexibility index (Phi) is 6.74. The van der Waals surface area contributed by atoms with E-state index in [1.165, 1.54) is 31.4 Å². The predicted molar refractivity (Wildman–Crippen MR) is 138 cm³/mol. The molecule has 0 radical (unpaired) electrons. The summed E-state index contributed by atoms with van der Waals surface area (Å²) < 4.78 is 34.5. The normalized spacial score (nSPS) is 11.1. The van der Waals surface area contributed by atoms with Gasteiger partial charge in [-0.1, -0.05) is 12.1 Å². The molecule has 186 valence electrons. The molecule has 1 N–H and O–H groups in total. The van der Waals surface area contributed by atoms with Gasteiger partial charge in [0.1, 0.15) is 11.6 Å². The number of halogens is 2. The van der Waals surface area contributed by atoms with Crippen LogP contribution in [0.15, 0.2) is 79.1 Å². The van der Waals surface area contributed by atoms with Crippen molar-refractivity contribution in [2.45, 2.75) is 6.54 Å². The maximum absolute atomic E-state index is 13.9. The number of pyridine rings is 2. The fourth-order valence-electron chi connectivity index (χ4n) is 4.48. The lowest BCUT2D eigenvalue weighted by Crippen LogP contribution is -2.24. The zero-order valence-corrected chi connectivity index (χ0v) is 20.3. The Balaban J connectivity index is 1.81. The van der Waals surface area contributed by atoms with Crippen LogP contribution in [0, 0.1) is 11.6 Å². The van der Waals surface area contributed by atoms with Crippen LogP contribution in [0.2, 0.25) is 0 Å². The van der Waals surface area contributed by atoms with E-state index in [1.807, 2.05) is 29.8 Å². The lowest BCUT2D eigenvalue weighted by atomic mass is 9.90. The third-order valence-electron chi connectivity index (χ3n) is 6.29. The Morgan fingerprint density at radius 2 is 1.49 bits per heavy atom. The number of hydrogen-bond donors (Lipinski definition) is 1. The molecule has 8 heteroatoms. The minimum absolute atomic E-state index is 0.0688. The maximum atomic E-state index is 13.9. The third kappa shape index (κ3) is 4.83. The van der Waals surface area contributed by atoms with Crippen LogP contribution in [0.1, 0.15) is 5.69 Å². The number of hydrogen-bond acceptors (Lipinski definition) is 5. The van der Waals surface area contributed by atoms with Gasteiger partial charge in [0.15, 0.2) is 0 Å². The Hall–Kier alpha value is -4.43. The number of nitrogens with one attached hydrogen (secondary N) is 1. The van der Waals surface area contributed by atoms with E-state index in [0.717, 1.165) is 39.0 Å². The van der Waals surface area contributed by atoms with Gasteiger partial charge < -0.3 is 14.6 Å². The molecule has 37 heavy (non-hydrogen) atoms. The first-order valence-electron chi connectivity index (χ1n) is 11.7. The summed E-state index contributed by atoms with van der Waals surface area (Å²) in [5, 5.41) is 3.10. The average molecular weight is 499 g/mol. The van der Waals surface area contributed by atoms with Crippen LogP contribution in [-0.4, -0.2) is 34.2 Å². The third-order valence-corrected chi connectivity index (χ3v) is 6.29. The summed E-state index contributed by atoms with van der Waals surface area (Å²) in [5.41, 5.74) is 7.22. The van der Waals surface area contributed by atoms with E-state index in [-0.39, 0.29) is 24.1 Å². The van der Waals surface area contributed by atoms with Gasteiger partial charge in [-0.15, -0.1) is 0 Å². The second-order valence-corrected chi connectivity index (χ2v) is 8.57. The molecule has 6 nitrogen and oxygen atoms in total. The van der Waals surface area contributed by atoms with E-state index < -0.39 is 0 Å². The molecule has 5 aromatic rings. The number of aryl methyl sites for hydroxylation is 1. The highest BCUT2D eigenvalue weighted by Gasteiger charge is 2.23. The van der Waals surface area contributed by atoms with Gasteiger partial charge in [0.25, 0.3) is 0 Å². The number of esters is 1. The molecule has 0 fully saturated rings. The van der Waals surface area contributed by atoms with Crippen molar-refractivity contribution in [2.24, 2.45) is 7.05 Å². The molecule has 0 aliphatic carbocycles. The van der Waals surface area contributed by atoms with Crippen LogP contribution in [0.5, 0.6) is 0 Å². The standard InChI is InChI=1S/C29H24F2N4O2/c1-35-23(16-33-17-25(36)37-2)15-24-29(35)27(18-3-7-21(30)8-4-18)26(19-11-13-32-14-12-19)28(34-24)20-5-9-22(31)10-6-20/h3-15,33H,16-17H2,1-2H3. The fourth-order valence-corrected chi connectivity index (χ4v) is 4.48. The van der Waals surface area contributed by atoms with E-state index in [9.17, 15) is 13.6 Å². The maximum Gasteiger partial charge on any atom is 0.319 e. The van der Waals surface area contributed by atoms with Crippen molar-refractivity contribution in [2.75, 3.05) is 13.7 Å². The van der Waals surface area contributed by atoms with Gasteiger partial charge in [0.2, 0.25) is 0 Å². The topological polar surface area (TPSA) is 69.0 Å². The number of carbonyl (C=O) groups is 1. The van der Waals surface area contributed by atoms with Crippen LogP contribution in [-0.2, 0) is 23.1 Å².